The number of halogens is 1. The second kappa shape index (κ2) is 5.57. The summed E-state index contributed by atoms with van der Waals surface area (Å²) in [6.45, 7) is 1.06. The van der Waals surface area contributed by atoms with E-state index in [0.29, 0.717) is 23.8 Å². The average Bonchev–Trinajstić information content (AvgIpc) is 3.08. The van der Waals surface area contributed by atoms with E-state index in [0.717, 1.165) is 10.9 Å². The Balaban J connectivity index is 1.75. The van der Waals surface area contributed by atoms with Crippen molar-refractivity contribution in [2.45, 2.75) is 6.54 Å². The highest BCUT2D eigenvalue weighted by Gasteiger charge is 2.14. The first-order valence-corrected chi connectivity index (χ1v) is 6.91. The molecule has 6 nitrogen and oxygen atoms in total. The molecule has 0 radical (unpaired) electrons. The summed E-state index contributed by atoms with van der Waals surface area (Å²) >= 11 is 6.18. The van der Waals surface area contributed by atoms with Crippen LogP contribution in [0.25, 0.3) is 10.9 Å². The summed E-state index contributed by atoms with van der Waals surface area (Å²) in [5.41, 5.74) is 1.44. The van der Waals surface area contributed by atoms with E-state index in [1.807, 2.05) is 35.9 Å². The summed E-state index contributed by atoms with van der Waals surface area (Å²) in [5, 5.41) is 12.0. The number of nitrogens with zero attached hydrogens (tertiary/aromatic N) is 4. The lowest BCUT2D eigenvalue weighted by atomic mass is 10.2. The summed E-state index contributed by atoms with van der Waals surface area (Å²) in [6, 6.07) is 7.47. The fourth-order valence-corrected chi connectivity index (χ4v) is 2.62. The third kappa shape index (κ3) is 2.62. The van der Waals surface area contributed by atoms with E-state index in [4.69, 9.17) is 11.6 Å². The number of hydrogen-bond acceptors (Lipinski definition) is 3. The Bertz CT molecular complexity index is 778. The molecule has 1 N–H and O–H groups in total. The Morgan fingerprint density at radius 1 is 1.43 bits per heavy atom. The highest BCUT2D eigenvalue weighted by molar-refractivity contribution is 6.35. The maximum absolute atomic E-state index is 12.3. The number of para-hydroxylation sites is 1. The maximum atomic E-state index is 12.3. The SMILES string of the molecule is Cn1c(C(=O)NCCn2ccnn2)cc2cccc(Cl)c21. The molecule has 0 fully saturated rings. The van der Waals surface area contributed by atoms with Crippen LogP contribution in [0.4, 0.5) is 0 Å². The molecule has 0 atom stereocenters. The van der Waals surface area contributed by atoms with Gasteiger partial charge >= 0.3 is 0 Å². The van der Waals surface area contributed by atoms with E-state index in [2.05, 4.69) is 15.6 Å². The quantitative estimate of drug-likeness (QED) is 0.800. The minimum absolute atomic E-state index is 0.134. The van der Waals surface area contributed by atoms with Gasteiger partial charge in [-0.2, -0.15) is 0 Å². The van der Waals surface area contributed by atoms with Crippen LogP contribution in [0.15, 0.2) is 36.7 Å². The number of hydrogen-bond donors (Lipinski definition) is 1. The molecule has 7 heteroatoms. The lowest BCUT2D eigenvalue weighted by molar-refractivity contribution is 0.0944. The molecule has 0 unspecified atom stereocenters. The number of benzene rings is 1. The molecule has 2 heterocycles. The summed E-state index contributed by atoms with van der Waals surface area (Å²) in [6.07, 6.45) is 3.36. The molecule has 0 saturated carbocycles. The third-order valence-electron chi connectivity index (χ3n) is 3.34. The molecule has 2 aromatic heterocycles. The Morgan fingerprint density at radius 2 is 2.29 bits per heavy atom. The predicted octanol–water partition coefficient (Wildman–Crippen LogP) is 1.85. The van der Waals surface area contributed by atoms with Crippen LogP contribution in [0.2, 0.25) is 5.02 Å². The lowest BCUT2D eigenvalue weighted by Gasteiger charge is -2.07. The average molecular weight is 304 g/mol. The van der Waals surface area contributed by atoms with E-state index in [-0.39, 0.29) is 5.91 Å². The Kier molecular flexibility index (Phi) is 3.62. The number of carbonyl (C=O) groups is 1. The van der Waals surface area contributed by atoms with Crippen molar-refractivity contribution in [1.82, 2.24) is 24.9 Å². The number of carbonyl (C=O) groups excluding carboxylic acids is 1. The molecule has 1 amide bonds. The van der Waals surface area contributed by atoms with Gasteiger partial charge in [0.1, 0.15) is 5.69 Å². The van der Waals surface area contributed by atoms with E-state index >= 15 is 0 Å². The van der Waals surface area contributed by atoms with Crippen LogP contribution in [0.1, 0.15) is 10.5 Å². The minimum Gasteiger partial charge on any atom is -0.349 e. The number of fused-ring (bicyclic) bond motifs is 1. The molecule has 0 saturated heterocycles. The summed E-state index contributed by atoms with van der Waals surface area (Å²) < 4.78 is 3.47. The van der Waals surface area contributed by atoms with Crippen molar-refractivity contribution in [3.8, 4) is 0 Å². The number of nitrogens with one attached hydrogen (secondary N) is 1. The van der Waals surface area contributed by atoms with Crippen molar-refractivity contribution in [1.29, 1.82) is 0 Å². The second-order valence-electron chi connectivity index (χ2n) is 4.69. The fraction of sp³-hybridized carbons (Fsp3) is 0.214. The molecule has 0 bridgehead atoms. The van der Waals surface area contributed by atoms with E-state index in [1.165, 1.54) is 0 Å². The Labute approximate surface area is 126 Å². The zero-order valence-corrected chi connectivity index (χ0v) is 12.2. The van der Waals surface area contributed by atoms with Crippen molar-refractivity contribution in [3.05, 3.63) is 47.4 Å². The highest BCUT2D eigenvalue weighted by atomic mass is 35.5. The molecular formula is C14H14ClN5O. The van der Waals surface area contributed by atoms with Gasteiger partial charge in [0.15, 0.2) is 0 Å². The maximum Gasteiger partial charge on any atom is 0.267 e. The molecule has 0 aliphatic carbocycles. The first-order valence-electron chi connectivity index (χ1n) is 6.53. The van der Waals surface area contributed by atoms with Gasteiger partial charge in [-0.15, -0.1) is 5.10 Å². The number of rotatable bonds is 4. The number of aromatic nitrogens is 4. The second-order valence-corrected chi connectivity index (χ2v) is 5.10. The van der Waals surface area contributed by atoms with E-state index in [1.54, 1.807) is 17.1 Å². The van der Waals surface area contributed by atoms with Gasteiger partial charge in [0.2, 0.25) is 0 Å². The molecule has 0 aliphatic heterocycles. The van der Waals surface area contributed by atoms with Gasteiger partial charge in [-0.25, -0.2) is 0 Å². The fourth-order valence-electron chi connectivity index (χ4n) is 2.31. The predicted molar refractivity (Wildman–Crippen MR) is 80.3 cm³/mol. The number of amides is 1. The molecule has 3 aromatic rings. The lowest BCUT2D eigenvalue weighted by Crippen LogP contribution is -2.28. The van der Waals surface area contributed by atoms with Gasteiger partial charge in [-0.3, -0.25) is 9.48 Å². The van der Waals surface area contributed by atoms with Crippen molar-refractivity contribution in [3.63, 3.8) is 0 Å². The smallest absolute Gasteiger partial charge is 0.267 e. The van der Waals surface area contributed by atoms with Crippen molar-refractivity contribution < 1.29 is 4.79 Å². The van der Waals surface area contributed by atoms with Crippen LogP contribution in [0, 0.1) is 0 Å². The van der Waals surface area contributed by atoms with E-state index < -0.39 is 0 Å². The molecule has 21 heavy (non-hydrogen) atoms. The Hall–Kier alpha value is -2.34. The van der Waals surface area contributed by atoms with Gasteiger partial charge in [-0.1, -0.05) is 28.9 Å². The normalized spacial score (nSPS) is 11.0. The molecule has 3 rings (SSSR count). The summed E-state index contributed by atoms with van der Waals surface area (Å²) in [7, 11) is 1.83. The molecular weight excluding hydrogens is 290 g/mol. The monoisotopic (exact) mass is 303 g/mol. The first-order chi connectivity index (χ1) is 10.2. The van der Waals surface area contributed by atoms with Crippen LogP contribution < -0.4 is 5.32 Å². The van der Waals surface area contributed by atoms with Gasteiger partial charge in [0.25, 0.3) is 5.91 Å². The van der Waals surface area contributed by atoms with Crippen LogP contribution in [-0.4, -0.2) is 32.0 Å². The topological polar surface area (TPSA) is 64.7 Å². The third-order valence-corrected chi connectivity index (χ3v) is 3.64. The van der Waals surface area contributed by atoms with Crippen LogP contribution >= 0.6 is 11.6 Å². The first kappa shape index (κ1) is 13.6. The minimum atomic E-state index is -0.134. The summed E-state index contributed by atoms with van der Waals surface area (Å²) in [4.78, 5) is 12.3. The zero-order valence-electron chi connectivity index (χ0n) is 11.5. The van der Waals surface area contributed by atoms with Gasteiger partial charge in [0, 0.05) is 25.2 Å². The van der Waals surface area contributed by atoms with E-state index in [9.17, 15) is 4.79 Å². The Morgan fingerprint density at radius 3 is 3.00 bits per heavy atom. The van der Waals surface area contributed by atoms with Crippen LogP contribution in [0.3, 0.4) is 0 Å². The standard InChI is InChI=1S/C14H14ClN5O/c1-19-12(9-10-3-2-4-11(15)13(10)19)14(21)16-5-7-20-8-6-17-18-20/h2-4,6,8-9H,5,7H2,1H3,(H,16,21). The largest absolute Gasteiger partial charge is 0.349 e. The molecule has 0 spiro atoms. The van der Waals surface area contributed by atoms with Crippen molar-refractivity contribution >= 4 is 28.4 Å². The molecule has 1 aromatic carbocycles. The van der Waals surface area contributed by atoms with Gasteiger partial charge in [-0.05, 0) is 12.1 Å². The van der Waals surface area contributed by atoms with Crippen molar-refractivity contribution in [2.75, 3.05) is 6.54 Å². The summed E-state index contributed by atoms with van der Waals surface area (Å²) in [5.74, 6) is -0.134. The van der Waals surface area contributed by atoms with Crippen LogP contribution in [-0.2, 0) is 13.6 Å². The van der Waals surface area contributed by atoms with Crippen LogP contribution in [0.5, 0.6) is 0 Å². The zero-order chi connectivity index (χ0) is 14.8. The van der Waals surface area contributed by atoms with Gasteiger partial charge < -0.3 is 9.88 Å². The molecule has 0 aliphatic rings. The van der Waals surface area contributed by atoms with Crippen molar-refractivity contribution in [2.24, 2.45) is 7.05 Å². The molecule has 108 valence electrons. The number of aryl methyl sites for hydroxylation is 1. The van der Waals surface area contributed by atoms with Gasteiger partial charge in [0.05, 0.1) is 23.3 Å². The highest BCUT2D eigenvalue weighted by Crippen LogP contribution is 2.25.